The molecule has 0 aromatic rings. The van der Waals surface area contributed by atoms with Gasteiger partial charge in [-0.3, -0.25) is 0 Å². The van der Waals surface area contributed by atoms with Gasteiger partial charge in [-0.1, -0.05) is 0 Å². The zero-order valence-electron chi connectivity index (χ0n) is 5.91. The Morgan fingerprint density at radius 2 is 0.846 bits per heavy atom. The molecule has 0 saturated heterocycles. The first-order valence-electron chi connectivity index (χ1n) is 1.80. The van der Waals surface area contributed by atoms with E-state index in [1.165, 1.54) is 0 Å². The Morgan fingerprint density at radius 3 is 0.846 bits per heavy atom. The molecule has 0 aromatic heterocycles. The van der Waals surface area contributed by atoms with E-state index in [1.807, 2.05) is 0 Å². The molecule has 0 fully saturated rings. The fourth-order valence-corrected chi connectivity index (χ4v) is 0. The second kappa shape index (κ2) is 4.32. The molecular weight excluding hydrogens is 279 g/mol. The molecule has 0 aliphatic carbocycles. The van der Waals surface area contributed by atoms with Crippen LogP contribution < -0.4 is 51.4 Å². The summed E-state index contributed by atoms with van der Waals surface area (Å²) < 4.78 is 68.1. The van der Waals surface area contributed by atoms with E-state index >= 15 is 0 Å². The van der Waals surface area contributed by atoms with E-state index in [9.17, 15) is 25.2 Å². The van der Waals surface area contributed by atoms with Crippen LogP contribution >= 0.6 is 15.6 Å². The third-order valence-corrected chi connectivity index (χ3v) is 0. The molecule has 0 heterocycles. The fourth-order valence-electron chi connectivity index (χ4n) is 0. The minimum Gasteiger partial charge on any atom is -0.303 e. The summed E-state index contributed by atoms with van der Waals surface area (Å²) in [6.45, 7) is 0. The maximum Gasteiger partial charge on any atom is 1.00 e. The zero-order valence-corrected chi connectivity index (χ0v) is 10.8. The minimum atomic E-state index is -10.7. The second-order valence-corrected chi connectivity index (χ2v) is 4.41. The maximum atomic E-state index is 9.87. The first-order valence-corrected chi connectivity index (χ1v) is 5.39. The molecule has 0 saturated carbocycles. The molecule has 80 valence electrons. The van der Waals surface area contributed by atoms with E-state index in [-0.39, 0.29) is 51.4 Å². The van der Waals surface area contributed by atoms with Gasteiger partial charge >= 0.3 is 92.2 Å². The quantitative estimate of drug-likeness (QED) is 0.317. The Balaban J connectivity index is -0.000000150. The average molecular weight is 282 g/mol. The summed E-state index contributed by atoms with van der Waals surface area (Å²) in [7, 11) is -15.3. The normalized spacial score (nSPS) is 17.0. The molecule has 0 radical (unpaired) electrons. The van der Waals surface area contributed by atoms with Gasteiger partial charge in [0.1, 0.15) is 0 Å². The molecule has 13 heteroatoms. The van der Waals surface area contributed by atoms with Gasteiger partial charge in [0.2, 0.25) is 0 Å². The molecule has 3 N–H and O–H groups in total. The molecular formula is H3F6KO4P2. The average Bonchev–Trinajstić information content (AvgIpc) is 1.04. The third-order valence-electron chi connectivity index (χ3n) is 0. The summed E-state index contributed by atoms with van der Waals surface area (Å²) in [5.41, 5.74) is 0. The predicted octanol–water partition coefficient (Wildman–Crippen LogP) is -0.542. The Labute approximate surface area is 110 Å². The SMILES string of the molecule is F[P-](F)(F)(F)(F)F.O=P(O)(O)O.[K+]. The zero-order chi connectivity index (χ0) is 10.9. The summed E-state index contributed by atoms with van der Waals surface area (Å²) in [5, 5.41) is 0. The van der Waals surface area contributed by atoms with Crippen molar-refractivity contribution in [3.63, 3.8) is 0 Å². The van der Waals surface area contributed by atoms with Crippen molar-refractivity contribution in [1.82, 2.24) is 0 Å². The van der Waals surface area contributed by atoms with Gasteiger partial charge in [-0.15, -0.1) is 0 Å². The van der Waals surface area contributed by atoms with Crippen molar-refractivity contribution in [2.45, 2.75) is 0 Å². The topological polar surface area (TPSA) is 77.8 Å². The van der Waals surface area contributed by atoms with E-state index in [0.29, 0.717) is 0 Å². The molecule has 0 aliphatic heterocycles. The van der Waals surface area contributed by atoms with Crippen molar-refractivity contribution in [2.75, 3.05) is 0 Å². The van der Waals surface area contributed by atoms with Crippen LogP contribution in [-0.4, -0.2) is 14.7 Å². The van der Waals surface area contributed by atoms with Crippen molar-refractivity contribution in [2.24, 2.45) is 0 Å². The van der Waals surface area contributed by atoms with Gasteiger partial charge in [0.25, 0.3) is 0 Å². The molecule has 4 nitrogen and oxygen atoms in total. The smallest absolute Gasteiger partial charge is 0.303 e. The summed E-state index contributed by atoms with van der Waals surface area (Å²) in [6.07, 6.45) is 0. The predicted molar refractivity (Wildman–Crippen MR) is 27.8 cm³/mol. The van der Waals surface area contributed by atoms with E-state index in [1.54, 1.807) is 0 Å². The van der Waals surface area contributed by atoms with Crippen LogP contribution in [0.4, 0.5) is 25.2 Å². The Kier molecular flexibility index (Phi) is 6.72. The van der Waals surface area contributed by atoms with Gasteiger partial charge in [0.15, 0.2) is 0 Å². The summed E-state index contributed by atoms with van der Waals surface area (Å²) in [4.78, 5) is 21.6. The van der Waals surface area contributed by atoms with Crippen LogP contribution in [0.5, 0.6) is 0 Å². The molecule has 0 spiro atoms. The van der Waals surface area contributed by atoms with Crippen molar-refractivity contribution >= 4 is 15.6 Å². The molecule has 0 aromatic carbocycles. The molecule has 0 amide bonds. The monoisotopic (exact) mass is 282 g/mol. The first-order chi connectivity index (χ1) is 4.45. The fraction of sp³-hybridized carbons (Fsp3) is 0. The molecule has 0 bridgehead atoms. The van der Waals surface area contributed by atoms with Gasteiger partial charge < -0.3 is 14.7 Å². The number of hydrogen-bond acceptors (Lipinski definition) is 1. The number of halogens is 6. The molecule has 0 rings (SSSR count). The molecule has 13 heavy (non-hydrogen) atoms. The molecule has 0 unspecified atom stereocenters. The van der Waals surface area contributed by atoms with E-state index in [2.05, 4.69) is 0 Å². The van der Waals surface area contributed by atoms with Crippen LogP contribution in [0.15, 0.2) is 0 Å². The Hall–Kier alpha value is 1.76. The largest absolute Gasteiger partial charge is 1.00 e. The van der Waals surface area contributed by atoms with Crippen LogP contribution in [0.1, 0.15) is 0 Å². The Morgan fingerprint density at radius 1 is 0.846 bits per heavy atom. The second-order valence-electron chi connectivity index (χ2n) is 1.47. The number of phosphoric acid groups is 1. The number of rotatable bonds is 0. The van der Waals surface area contributed by atoms with Gasteiger partial charge in [0.05, 0.1) is 0 Å². The van der Waals surface area contributed by atoms with Crippen molar-refractivity contribution in [3.8, 4) is 0 Å². The summed E-state index contributed by atoms with van der Waals surface area (Å²) >= 11 is 0. The number of hydrogen-bond donors (Lipinski definition) is 3. The van der Waals surface area contributed by atoms with Crippen molar-refractivity contribution in [3.05, 3.63) is 0 Å². The van der Waals surface area contributed by atoms with Gasteiger partial charge in [-0.25, -0.2) is 4.57 Å². The Bertz CT molecular complexity index is 176. The van der Waals surface area contributed by atoms with Gasteiger partial charge in [0, 0.05) is 0 Å². The summed E-state index contributed by atoms with van der Waals surface area (Å²) in [5.74, 6) is 0. The first kappa shape index (κ1) is 20.2. The molecule has 0 aliphatic rings. The maximum absolute atomic E-state index is 10.7. The van der Waals surface area contributed by atoms with Crippen molar-refractivity contribution in [1.29, 1.82) is 0 Å². The van der Waals surface area contributed by atoms with Crippen molar-refractivity contribution < 1.29 is 95.8 Å². The van der Waals surface area contributed by atoms with Crippen LogP contribution in [0, 0.1) is 0 Å². The van der Waals surface area contributed by atoms with E-state index < -0.39 is 15.6 Å². The standard InChI is InChI=1S/F6P.K.H3O4P/c1-7(2,3,4,5)6;;1-5(2,3)4/h;;(H3,1,2,3,4)/q-1;+1;. The van der Waals surface area contributed by atoms with E-state index in [4.69, 9.17) is 19.2 Å². The van der Waals surface area contributed by atoms with Crippen LogP contribution in [0.2, 0.25) is 0 Å². The van der Waals surface area contributed by atoms with Crippen LogP contribution in [-0.2, 0) is 4.57 Å². The van der Waals surface area contributed by atoms with Crippen LogP contribution in [0.3, 0.4) is 0 Å². The summed E-state index contributed by atoms with van der Waals surface area (Å²) in [6, 6.07) is 0. The van der Waals surface area contributed by atoms with E-state index in [0.717, 1.165) is 0 Å². The van der Waals surface area contributed by atoms with Gasteiger partial charge in [-0.05, 0) is 0 Å². The third kappa shape index (κ3) is 616. The van der Waals surface area contributed by atoms with Crippen LogP contribution in [0.25, 0.3) is 0 Å². The van der Waals surface area contributed by atoms with Gasteiger partial charge in [-0.2, -0.15) is 0 Å². The molecule has 0 atom stereocenters. The minimum absolute atomic E-state index is 0.